The highest BCUT2D eigenvalue weighted by molar-refractivity contribution is 7.79. The molecule has 37 heavy (non-hydrogen) atoms. The van der Waals surface area contributed by atoms with Gasteiger partial charge in [-0.1, -0.05) is 121 Å². The molecule has 4 rings (SSSR count). The van der Waals surface area contributed by atoms with Crippen LogP contribution in [0, 0.1) is 0 Å². The first kappa shape index (κ1) is 26.4. The summed E-state index contributed by atoms with van der Waals surface area (Å²) in [5.41, 5.74) is 1.24. The topological polar surface area (TPSA) is 46.6 Å². The highest BCUT2D eigenvalue weighted by atomic mass is 31.2. The third-order valence-corrected chi connectivity index (χ3v) is 9.58. The molecule has 4 aromatic rings. The van der Waals surface area contributed by atoms with Crippen LogP contribution in [0.4, 0.5) is 4.79 Å². The van der Waals surface area contributed by atoms with Crippen LogP contribution in [0.15, 0.2) is 121 Å². The molecule has 4 nitrogen and oxygen atoms in total. The summed E-state index contributed by atoms with van der Waals surface area (Å²) in [6, 6.07) is 38.8. The second kappa shape index (κ2) is 11.6. The van der Waals surface area contributed by atoms with Crippen LogP contribution >= 0.6 is 7.14 Å². The van der Waals surface area contributed by atoms with Gasteiger partial charge in [-0.2, -0.15) is 0 Å². The van der Waals surface area contributed by atoms with Crippen LogP contribution in [-0.2, 0) is 22.3 Å². The first-order valence-electron chi connectivity index (χ1n) is 12.6. The molecular weight excluding hydrogens is 477 g/mol. The van der Waals surface area contributed by atoms with E-state index >= 15 is 4.57 Å². The van der Waals surface area contributed by atoms with Crippen LogP contribution in [0.25, 0.3) is 0 Å². The molecule has 0 saturated heterocycles. The average Bonchev–Trinajstić information content (AvgIpc) is 2.91. The Morgan fingerprint density at radius 1 is 0.703 bits per heavy atom. The van der Waals surface area contributed by atoms with Crippen molar-refractivity contribution in [3.05, 3.63) is 132 Å². The summed E-state index contributed by atoms with van der Waals surface area (Å²) in [6.07, 6.45) is -0.0714. The monoisotopic (exact) mass is 511 g/mol. The van der Waals surface area contributed by atoms with Crippen molar-refractivity contribution in [2.75, 3.05) is 0 Å². The molecule has 0 aliphatic carbocycles. The predicted octanol–water partition coefficient (Wildman–Crippen LogP) is 7.01. The molecule has 0 fully saturated rings. The van der Waals surface area contributed by atoms with E-state index < -0.39 is 24.6 Å². The van der Waals surface area contributed by atoms with Crippen LogP contribution in [0.5, 0.6) is 0 Å². The molecule has 0 aliphatic rings. The van der Waals surface area contributed by atoms with E-state index in [0.717, 1.165) is 11.1 Å². The lowest BCUT2D eigenvalue weighted by atomic mass is 10.1. The standard InChI is InChI=1S/C32H34NO3P/c1-32(2,3)36-31(34)33(25-27-18-10-5-11-19-27)30(24-26-16-8-4-9-17-26)37(35,28-20-12-6-13-21-28)29-22-14-7-15-23-29/h4-23,30H,24-25H2,1-3H3. The molecule has 1 amide bonds. The highest BCUT2D eigenvalue weighted by Crippen LogP contribution is 2.51. The van der Waals surface area contributed by atoms with Crippen molar-refractivity contribution in [2.24, 2.45) is 0 Å². The van der Waals surface area contributed by atoms with E-state index in [1.807, 2.05) is 142 Å². The van der Waals surface area contributed by atoms with E-state index in [-0.39, 0.29) is 6.54 Å². The van der Waals surface area contributed by atoms with Gasteiger partial charge in [-0.15, -0.1) is 0 Å². The molecule has 0 heterocycles. The van der Waals surface area contributed by atoms with E-state index in [1.165, 1.54) is 0 Å². The van der Waals surface area contributed by atoms with Gasteiger partial charge in [0.05, 0.1) is 0 Å². The van der Waals surface area contributed by atoms with Crippen molar-refractivity contribution < 1.29 is 14.1 Å². The molecule has 0 saturated carbocycles. The first-order chi connectivity index (χ1) is 17.8. The van der Waals surface area contributed by atoms with Crippen molar-refractivity contribution >= 4 is 23.8 Å². The lowest BCUT2D eigenvalue weighted by molar-refractivity contribution is 0.0203. The van der Waals surface area contributed by atoms with Gasteiger partial charge in [0.15, 0.2) is 7.14 Å². The number of ether oxygens (including phenoxy) is 1. The van der Waals surface area contributed by atoms with Gasteiger partial charge in [0.2, 0.25) is 0 Å². The second-order valence-electron chi connectivity index (χ2n) is 10.1. The molecule has 1 unspecified atom stereocenters. The highest BCUT2D eigenvalue weighted by Gasteiger charge is 2.43. The van der Waals surface area contributed by atoms with Crippen LogP contribution in [0.2, 0.25) is 0 Å². The van der Waals surface area contributed by atoms with Crippen molar-refractivity contribution in [1.82, 2.24) is 4.90 Å². The Hall–Kier alpha value is -3.62. The maximum absolute atomic E-state index is 15.6. The third-order valence-electron chi connectivity index (χ3n) is 6.14. The van der Waals surface area contributed by atoms with Crippen molar-refractivity contribution in [2.45, 2.75) is 45.1 Å². The molecule has 190 valence electrons. The Bertz CT molecular complexity index is 1280. The zero-order valence-corrected chi connectivity index (χ0v) is 22.6. The van der Waals surface area contributed by atoms with Gasteiger partial charge >= 0.3 is 6.09 Å². The van der Waals surface area contributed by atoms with Crippen LogP contribution in [-0.4, -0.2) is 22.4 Å². The Labute approximate surface area is 220 Å². The van der Waals surface area contributed by atoms with Crippen LogP contribution in [0.1, 0.15) is 31.9 Å². The minimum atomic E-state index is -3.39. The first-order valence-corrected chi connectivity index (χ1v) is 14.3. The molecule has 0 spiro atoms. The third kappa shape index (κ3) is 6.58. The quantitative estimate of drug-likeness (QED) is 0.239. The fraction of sp³-hybridized carbons (Fsp3) is 0.219. The van der Waals surface area contributed by atoms with Crippen molar-refractivity contribution in [1.29, 1.82) is 0 Å². The normalized spacial score (nSPS) is 12.5. The zero-order valence-electron chi connectivity index (χ0n) is 21.7. The van der Waals surface area contributed by atoms with Gasteiger partial charge in [0, 0.05) is 23.6 Å². The van der Waals surface area contributed by atoms with Gasteiger partial charge in [0.1, 0.15) is 11.4 Å². The number of benzene rings is 4. The van der Waals surface area contributed by atoms with Crippen LogP contribution in [0.3, 0.4) is 0 Å². The number of hydrogen-bond acceptors (Lipinski definition) is 3. The Morgan fingerprint density at radius 2 is 1.11 bits per heavy atom. The molecule has 1 atom stereocenters. The van der Waals surface area contributed by atoms with E-state index in [2.05, 4.69) is 0 Å². The number of carbonyl (C=O) groups excluding carboxylic acids is 1. The summed E-state index contributed by atoms with van der Waals surface area (Å²) in [6.45, 7) is 5.83. The molecular formula is C32H34NO3P. The molecule has 4 aromatic carbocycles. The Morgan fingerprint density at radius 3 is 1.54 bits per heavy atom. The number of rotatable bonds is 8. The Kier molecular flexibility index (Phi) is 8.31. The number of amides is 1. The summed E-state index contributed by atoms with van der Waals surface area (Å²) in [7, 11) is -3.39. The molecule has 5 heteroatoms. The summed E-state index contributed by atoms with van der Waals surface area (Å²) in [5, 5.41) is 1.42. The van der Waals surface area contributed by atoms with E-state index in [4.69, 9.17) is 4.74 Å². The lowest BCUT2D eigenvalue weighted by Crippen LogP contribution is -2.47. The minimum absolute atomic E-state index is 0.275. The fourth-order valence-electron chi connectivity index (χ4n) is 4.44. The average molecular weight is 512 g/mol. The molecule has 0 bridgehead atoms. The summed E-state index contributed by atoms with van der Waals surface area (Å²) in [5.74, 6) is -0.672. The zero-order chi connectivity index (χ0) is 26.3. The molecule has 0 aromatic heterocycles. The Balaban J connectivity index is 1.93. The van der Waals surface area contributed by atoms with Gasteiger partial charge in [-0.3, -0.25) is 4.90 Å². The summed E-state index contributed by atoms with van der Waals surface area (Å²) >= 11 is 0. The molecule has 0 aliphatic heterocycles. The van der Waals surface area contributed by atoms with E-state index in [9.17, 15) is 4.79 Å². The van der Waals surface area contributed by atoms with Gasteiger partial charge in [-0.25, -0.2) is 4.79 Å². The minimum Gasteiger partial charge on any atom is -0.444 e. The maximum Gasteiger partial charge on any atom is 0.411 e. The van der Waals surface area contributed by atoms with Gasteiger partial charge < -0.3 is 9.30 Å². The largest absolute Gasteiger partial charge is 0.444 e. The van der Waals surface area contributed by atoms with E-state index in [0.29, 0.717) is 17.0 Å². The maximum atomic E-state index is 15.6. The van der Waals surface area contributed by atoms with Crippen molar-refractivity contribution in [3.8, 4) is 0 Å². The smallest absolute Gasteiger partial charge is 0.411 e. The fourth-order valence-corrected chi connectivity index (χ4v) is 7.70. The number of nitrogens with zero attached hydrogens (tertiary/aromatic N) is 1. The SMILES string of the molecule is CC(C)(C)OC(=O)N(Cc1ccccc1)C(Cc1ccccc1)P(=O)(c1ccccc1)c1ccccc1. The number of carbonyl (C=O) groups is 1. The van der Waals surface area contributed by atoms with Crippen molar-refractivity contribution in [3.63, 3.8) is 0 Å². The summed E-state index contributed by atoms with van der Waals surface area (Å²) in [4.78, 5) is 15.6. The van der Waals surface area contributed by atoms with Gasteiger partial charge in [0.25, 0.3) is 0 Å². The lowest BCUT2D eigenvalue weighted by Gasteiger charge is -2.38. The van der Waals surface area contributed by atoms with Crippen LogP contribution < -0.4 is 10.6 Å². The van der Waals surface area contributed by atoms with Gasteiger partial charge in [-0.05, 0) is 31.9 Å². The molecule has 0 radical (unpaired) electrons. The molecule has 0 N–H and O–H groups in total. The predicted molar refractivity (Wildman–Crippen MR) is 152 cm³/mol. The second-order valence-corrected chi connectivity index (χ2v) is 13.0. The van der Waals surface area contributed by atoms with E-state index in [1.54, 1.807) is 4.90 Å². The number of hydrogen-bond donors (Lipinski definition) is 0. The summed E-state index contributed by atoms with van der Waals surface area (Å²) < 4.78 is 21.5.